The third-order valence-corrected chi connectivity index (χ3v) is 5.26. The second-order valence-corrected chi connectivity index (χ2v) is 7.15. The number of rotatable bonds is 8. The van der Waals surface area contributed by atoms with E-state index in [1.807, 2.05) is 48.5 Å². The van der Waals surface area contributed by atoms with Crippen molar-refractivity contribution in [2.45, 2.75) is 12.6 Å². The Hall–Kier alpha value is -3.10. The summed E-state index contributed by atoms with van der Waals surface area (Å²) < 4.78 is 16.1. The Labute approximate surface area is 182 Å². The standard InChI is InChI=1S/C23H29N3O5/c1-29-19-8-5-7-17(14-19)20(26-10-12-31-13-11-26)16-25-23(28)22(27)24-15-18-6-3-4-9-21(18)30-2/h3-9,14,20H,10-13,15-16H2,1-2H3,(H,24,27)(H,25,28)/t20-/m1/s1. The van der Waals surface area contributed by atoms with Crippen LogP contribution in [-0.2, 0) is 20.9 Å². The zero-order valence-corrected chi connectivity index (χ0v) is 17.9. The van der Waals surface area contributed by atoms with Gasteiger partial charge in [-0.3, -0.25) is 14.5 Å². The number of amides is 2. The average Bonchev–Trinajstić information content (AvgIpc) is 2.83. The third-order valence-electron chi connectivity index (χ3n) is 5.26. The van der Waals surface area contributed by atoms with Gasteiger partial charge in [0.1, 0.15) is 11.5 Å². The van der Waals surface area contributed by atoms with Crippen LogP contribution in [0.25, 0.3) is 0 Å². The molecule has 31 heavy (non-hydrogen) atoms. The summed E-state index contributed by atoms with van der Waals surface area (Å²) in [7, 11) is 3.19. The molecule has 1 fully saturated rings. The molecule has 0 saturated carbocycles. The summed E-state index contributed by atoms with van der Waals surface area (Å²) in [6.45, 7) is 3.27. The van der Waals surface area contributed by atoms with Crippen molar-refractivity contribution in [2.75, 3.05) is 47.1 Å². The second-order valence-electron chi connectivity index (χ2n) is 7.15. The van der Waals surface area contributed by atoms with Gasteiger partial charge in [0.2, 0.25) is 0 Å². The Morgan fingerprint density at radius 2 is 1.74 bits per heavy atom. The fourth-order valence-corrected chi connectivity index (χ4v) is 3.57. The number of carbonyl (C=O) groups is 2. The van der Waals surface area contributed by atoms with E-state index in [0.717, 1.165) is 30.0 Å². The number of ether oxygens (including phenoxy) is 3. The number of nitrogens with one attached hydrogen (secondary N) is 2. The van der Waals surface area contributed by atoms with Crippen molar-refractivity contribution in [3.05, 3.63) is 59.7 Å². The molecule has 2 amide bonds. The highest BCUT2D eigenvalue weighted by Crippen LogP contribution is 2.24. The van der Waals surface area contributed by atoms with Crippen LogP contribution in [0, 0.1) is 0 Å². The van der Waals surface area contributed by atoms with Gasteiger partial charge < -0.3 is 24.8 Å². The number of hydrogen-bond donors (Lipinski definition) is 2. The van der Waals surface area contributed by atoms with Crippen LogP contribution >= 0.6 is 0 Å². The van der Waals surface area contributed by atoms with Crippen molar-refractivity contribution >= 4 is 11.8 Å². The monoisotopic (exact) mass is 427 g/mol. The maximum Gasteiger partial charge on any atom is 0.309 e. The minimum atomic E-state index is -0.683. The van der Waals surface area contributed by atoms with Crippen molar-refractivity contribution in [1.29, 1.82) is 0 Å². The number of carbonyl (C=O) groups excluding carboxylic acids is 2. The molecule has 2 aromatic rings. The first-order chi connectivity index (χ1) is 15.1. The Morgan fingerprint density at radius 1 is 1.00 bits per heavy atom. The van der Waals surface area contributed by atoms with Crippen LogP contribution in [0.4, 0.5) is 0 Å². The number of benzene rings is 2. The lowest BCUT2D eigenvalue weighted by Gasteiger charge is -2.35. The molecule has 0 bridgehead atoms. The highest BCUT2D eigenvalue weighted by atomic mass is 16.5. The van der Waals surface area contributed by atoms with Gasteiger partial charge >= 0.3 is 11.8 Å². The number of para-hydroxylation sites is 1. The topological polar surface area (TPSA) is 89.1 Å². The highest BCUT2D eigenvalue weighted by molar-refractivity contribution is 6.35. The van der Waals surface area contributed by atoms with E-state index in [9.17, 15) is 9.59 Å². The van der Waals surface area contributed by atoms with Crippen LogP contribution in [0.5, 0.6) is 11.5 Å². The molecule has 0 aromatic heterocycles. The van der Waals surface area contributed by atoms with Crippen LogP contribution in [0.3, 0.4) is 0 Å². The Bertz CT molecular complexity index is 883. The summed E-state index contributed by atoms with van der Waals surface area (Å²) in [6.07, 6.45) is 0. The summed E-state index contributed by atoms with van der Waals surface area (Å²) in [5.74, 6) is 0.0542. The van der Waals surface area contributed by atoms with Crippen molar-refractivity contribution in [3.8, 4) is 11.5 Å². The Kier molecular flexibility index (Phi) is 8.26. The molecule has 1 atom stereocenters. The summed E-state index contributed by atoms with van der Waals surface area (Å²) in [6, 6.07) is 15.0. The van der Waals surface area contributed by atoms with Crippen molar-refractivity contribution < 1.29 is 23.8 Å². The lowest BCUT2D eigenvalue weighted by molar-refractivity contribution is -0.139. The average molecular weight is 428 g/mol. The maximum absolute atomic E-state index is 12.4. The molecule has 166 valence electrons. The second kappa shape index (κ2) is 11.3. The molecule has 1 aliphatic rings. The number of hydrogen-bond acceptors (Lipinski definition) is 6. The number of nitrogens with zero attached hydrogens (tertiary/aromatic N) is 1. The fourth-order valence-electron chi connectivity index (χ4n) is 3.57. The summed E-state index contributed by atoms with van der Waals surface area (Å²) in [5.41, 5.74) is 1.81. The van der Waals surface area contributed by atoms with Crippen molar-refractivity contribution in [1.82, 2.24) is 15.5 Å². The van der Waals surface area contributed by atoms with E-state index in [2.05, 4.69) is 15.5 Å². The molecule has 2 N–H and O–H groups in total. The van der Waals surface area contributed by atoms with Gasteiger partial charge in [-0.05, 0) is 23.8 Å². The predicted molar refractivity (Wildman–Crippen MR) is 116 cm³/mol. The zero-order chi connectivity index (χ0) is 22.1. The molecule has 0 spiro atoms. The third kappa shape index (κ3) is 6.19. The van der Waals surface area contributed by atoms with Gasteiger partial charge in [0.15, 0.2) is 0 Å². The molecular weight excluding hydrogens is 398 g/mol. The highest BCUT2D eigenvalue weighted by Gasteiger charge is 2.25. The first-order valence-corrected chi connectivity index (χ1v) is 10.3. The van der Waals surface area contributed by atoms with Gasteiger partial charge in [-0.15, -0.1) is 0 Å². The number of methoxy groups -OCH3 is 2. The van der Waals surface area contributed by atoms with E-state index < -0.39 is 11.8 Å². The molecule has 0 aliphatic carbocycles. The summed E-state index contributed by atoms with van der Waals surface area (Å²) in [5, 5.41) is 5.43. The maximum atomic E-state index is 12.4. The van der Waals surface area contributed by atoms with E-state index in [0.29, 0.717) is 25.5 Å². The molecule has 0 unspecified atom stereocenters. The van der Waals surface area contributed by atoms with Gasteiger partial charge in [0.05, 0.1) is 33.5 Å². The first kappa shape index (κ1) is 22.6. The smallest absolute Gasteiger partial charge is 0.309 e. The molecule has 8 nitrogen and oxygen atoms in total. The van der Waals surface area contributed by atoms with Gasteiger partial charge in [-0.1, -0.05) is 30.3 Å². The zero-order valence-electron chi connectivity index (χ0n) is 17.9. The van der Waals surface area contributed by atoms with Gasteiger partial charge in [-0.2, -0.15) is 0 Å². The molecule has 2 aromatic carbocycles. The summed E-state index contributed by atoms with van der Waals surface area (Å²) in [4.78, 5) is 27.0. The van der Waals surface area contributed by atoms with E-state index in [4.69, 9.17) is 14.2 Å². The van der Waals surface area contributed by atoms with E-state index >= 15 is 0 Å². The molecular formula is C23H29N3O5. The minimum absolute atomic E-state index is 0.0926. The van der Waals surface area contributed by atoms with Gasteiger partial charge in [0.25, 0.3) is 0 Å². The fraction of sp³-hybridized carbons (Fsp3) is 0.391. The Morgan fingerprint density at radius 3 is 2.48 bits per heavy atom. The summed E-state index contributed by atoms with van der Waals surface area (Å²) >= 11 is 0. The van der Waals surface area contributed by atoms with Gasteiger partial charge in [-0.25, -0.2) is 0 Å². The normalized spacial score (nSPS) is 15.0. The molecule has 0 radical (unpaired) electrons. The molecule has 1 heterocycles. The van der Waals surface area contributed by atoms with E-state index in [-0.39, 0.29) is 12.6 Å². The van der Waals surface area contributed by atoms with Crippen LogP contribution in [0.1, 0.15) is 17.2 Å². The molecule has 1 saturated heterocycles. The van der Waals surface area contributed by atoms with Crippen LogP contribution < -0.4 is 20.1 Å². The lowest BCUT2D eigenvalue weighted by atomic mass is 10.0. The van der Waals surface area contributed by atoms with Crippen molar-refractivity contribution in [3.63, 3.8) is 0 Å². The lowest BCUT2D eigenvalue weighted by Crippen LogP contribution is -2.46. The predicted octanol–water partition coefficient (Wildman–Crippen LogP) is 1.51. The quantitative estimate of drug-likeness (QED) is 0.621. The molecule has 8 heteroatoms. The van der Waals surface area contributed by atoms with Crippen molar-refractivity contribution in [2.24, 2.45) is 0 Å². The van der Waals surface area contributed by atoms with Crippen LogP contribution in [0.15, 0.2) is 48.5 Å². The Balaban J connectivity index is 1.61. The SMILES string of the molecule is COc1cccc([C@@H](CNC(=O)C(=O)NCc2ccccc2OC)N2CCOCC2)c1. The molecule has 1 aliphatic heterocycles. The van der Waals surface area contributed by atoms with E-state index in [1.54, 1.807) is 14.2 Å². The van der Waals surface area contributed by atoms with Crippen LogP contribution in [0.2, 0.25) is 0 Å². The van der Waals surface area contributed by atoms with Gasteiger partial charge in [0, 0.05) is 31.7 Å². The van der Waals surface area contributed by atoms with Crippen LogP contribution in [-0.4, -0.2) is 63.8 Å². The first-order valence-electron chi connectivity index (χ1n) is 10.3. The number of morpholine rings is 1. The van der Waals surface area contributed by atoms with E-state index in [1.165, 1.54) is 0 Å². The largest absolute Gasteiger partial charge is 0.497 e. The minimum Gasteiger partial charge on any atom is -0.497 e. The molecule has 3 rings (SSSR count).